The SMILES string of the molecule is CCOC(=O)C1C(=O)C=C(c2cccc(C)c2)CC1c1cc(OC)ccc1OC. The molecule has 2 aromatic rings. The van der Waals surface area contributed by atoms with Crippen LogP contribution in [-0.4, -0.2) is 32.6 Å². The molecular formula is C24H26O5. The monoisotopic (exact) mass is 394 g/mol. The van der Waals surface area contributed by atoms with Gasteiger partial charge in [0.2, 0.25) is 0 Å². The van der Waals surface area contributed by atoms with E-state index in [0.717, 1.165) is 22.3 Å². The average molecular weight is 394 g/mol. The van der Waals surface area contributed by atoms with Gasteiger partial charge in [0.15, 0.2) is 5.78 Å². The number of rotatable bonds is 6. The zero-order valence-electron chi connectivity index (χ0n) is 17.2. The summed E-state index contributed by atoms with van der Waals surface area (Å²) in [6.07, 6.45) is 2.10. The van der Waals surface area contributed by atoms with Crippen molar-refractivity contribution < 1.29 is 23.8 Å². The standard InChI is InChI=1S/C24H26O5/c1-5-29-24(26)23-20(19-14-18(27-3)9-10-22(19)28-4)12-17(13-21(23)25)16-8-6-7-15(2)11-16/h6-11,13-14,20,23H,5,12H2,1-4H3. The van der Waals surface area contributed by atoms with E-state index in [0.29, 0.717) is 17.9 Å². The third-order valence-corrected chi connectivity index (χ3v) is 5.23. The largest absolute Gasteiger partial charge is 0.497 e. The second kappa shape index (κ2) is 8.95. The van der Waals surface area contributed by atoms with Gasteiger partial charge in [-0.05, 0) is 55.7 Å². The fraction of sp³-hybridized carbons (Fsp3) is 0.333. The van der Waals surface area contributed by atoms with Crippen LogP contribution in [0.5, 0.6) is 11.5 Å². The molecule has 0 aliphatic heterocycles. The topological polar surface area (TPSA) is 61.8 Å². The van der Waals surface area contributed by atoms with E-state index in [9.17, 15) is 9.59 Å². The minimum absolute atomic E-state index is 0.221. The summed E-state index contributed by atoms with van der Waals surface area (Å²) in [5, 5.41) is 0. The summed E-state index contributed by atoms with van der Waals surface area (Å²) in [5.74, 6) is -0.824. The lowest BCUT2D eigenvalue weighted by molar-refractivity contribution is -0.151. The molecule has 0 saturated heterocycles. The van der Waals surface area contributed by atoms with Gasteiger partial charge in [-0.25, -0.2) is 0 Å². The molecule has 1 aliphatic rings. The lowest BCUT2D eigenvalue weighted by Crippen LogP contribution is -2.34. The number of ether oxygens (including phenoxy) is 3. The molecule has 3 rings (SSSR count). The van der Waals surface area contributed by atoms with Crippen LogP contribution < -0.4 is 9.47 Å². The summed E-state index contributed by atoms with van der Waals surface area (Å²) in [7, 11) is 3.16. The molecular weight excluding hydrogens is 368 g/mol. The Balaban J connectivity index is 2.12. The molecule has 0 spiro atoms. The quantitative estimate of drug-likeness (QED) is 0.539. The molecule has 152 valence electrons. The Morgan fingerprint density at radius 3 is 2.55 bits per heavy atom. The first-order valence-electron chi connectivity index (χ1n) is 9.68. The third-order valence-electron chi connectivity index (χ3n) is 5.23. The van der Waals surface area contributed by atoms with Crippen LogP contribution in [0.15, 0.2) is 48.5 Å². The van der Waals surface area contributed by atoms with Crippen molar-refractivity contribution in [3.05, 3.63) is 65.2 Å². The van der Waals surface area contributed by atoms with Crippen molar-refractivity contribution in [2.75, 3.05) is 20.8 Å². The molecule has 0 amide bonds. The molecule has 0 heterocycles. The van der Waals surface area contributed by atoms with E-state index in [1.54, 1.807) is 39.4 Å². The predicted molar refractivity (Wildman–Crippen MR) is 111 cm³/mol. The summed E-state index contributed by atoms with van der Waals surface area (Å²) in [6, 6.07) is 13.4. The first kappa shape index (κ1) is 20.6. The Bertz CT molecular complexity index is 944. The molecule has 2 aromatic carbocycles. The normalized spacial score (nSPS) is 18.8. The zero-order chi connectivity index (χ0) is 21.0. The number of methoxy groups -OCH3 is 2. The first-order valence-corrected chi connectivity index (χ1v) is 9.68. The van der Waals surface area contributed by atoms with Gasteiger partial charge in [0.1, 0.15) is 17.4 Å². The molecule has 29 heavy (non-hydrogen) atoms. The van der Waals surface area contributed by atoms with Gasteiger partial charge < -0.3 is 14.2 Å². The van der Waals surface area contributed by atoms with E-state index in [4.69, 9.17) is 14.2 Å². The maximum absolute atomic E-state index is 13.1. The number of carbonyl (C=O) groups excluding carboxylic acids is 2. The second-order valence-electron chi connectivity index (χ2n) is 7.09. The van der Waals surface area contributed by atoms with Crippen LogP contribution in [-0.2, 0) is 14.3 Å². The van der Waals surface area contributed by atoms with Crippen molar-refractivity contribution in [3.63, 3.8) is 0 Å². The summed E-state index contributed by atoms with van der Waals surface area (Å²) in [4.78, 5) is 25.8. The highest BCUT2D eigenvalue weighted by Crippen LogP contribution is 2.44. The maximum Gasteiger partial charge on any atom is 0.317 e. The Morgan fingerprint density at radius 1 is 1.10 bits per heavy atom. The summed E-state index contributed by atoms with van der Waals surface area (Å²) >= 11 is 0. The number of esters is 1. The van der Waals surface area contributed by atoms with E-state index < -0.39 is 17.8 Å². The number of ketones is 1. The van der Waals surface area contributed by atoms with E-state index >= 15 is 0 Å². The van der Waals surface area contributed by atoms with Gasteiger partial charge in [-0.2, -0.15) is 0 Å². The van der Waals surface area contributed by atoms with Crippen molar-refractivity contribution >= 4 is 17.3 Å². The smallest absolute Gasteiger partial charge is 0.317 e. The van der Waals surface area contributed by atoms with Crippen LogP contribution in [0.25, 0.3) is 5.57 Å². The Kier molecular flexibility index (Phi) is 6.37. The molecule has 0 aromatic heterocycles. The fourth-order valence-electron chi connectivity index (χ4n) is 3.85. The van der Waals surface area contributed by atoms with E-state index in [1.165, 1.54) is 0 Å². The van der Waals surface area contributed by atoms with Gasteiger partial charge in [-0.3, -0.25) is 9.59 Å². The van der Waals surface area contributed by atoms with Crippen LogP contribution in [0, 0.1) is 12.8 Å². The lowest BCUT2D eigenvalue weighted by atomic mass is 9.73. The molecule has 0 fully saturated rings. The Morgan fingerprint density at radius 2 is 1.90 bits per heavy atom. The number of carbonyl (C=O) groups is 2. The Hall–Kier alpha value is -3.08. The molecule has 0 bridgehead atoms. The number of allylic oxidation sites excluding steroid dienone is 2. The van der Waals surface area contributed by atoms with Gasteiger partial charge in [0.05, 0.1) is 20.8 Å². The summed E-state index contributed by atoms with van der Waals surface area (Å²) < 4.78 is 16.1. The number of hydrogen-bond acceptors (Lipinski definition) is 5. The van der Waals surface area contributed by atoms with Crippen LogP contribution in [0.1, 0.15) is 36.0 Å². The zero-order valence-corrected chi connectivity index (χ0v) is 17.2. The van der Waals surface area contributed by atoms with Crippen molar-refractivity contribution in [1.29, 1.82) is 0 Å². The molecule has 1 aliphatic carbocycles. The van der Waals surface area contributed by atoms with Crippen LogP contribution in [0.2, 0.25) is 0 Å². The van der Waals surface area contributed by atoms with Crippen LogP contribution in [0.4, 0.5) is 0 Å². The Labute approximate surface area is 171 Å². The summed E-state index contributed by atoms with van der Waals surface area (Å²) in [6.45, 7) is 3.97. The minimum Gasteiger partial charge on any atom is -0.497 e. The van der Waals surface area contributed by atoms with Gasteiger partial charge in [-0.1, -0.05) is 29.8 Å². The van der Waals surface area contributed by atoms with Crippen molar-refractivity contribution in [2.24, 2.45) is 5.92 Å². The van der Waals surface area contributed by atoms with E-state index in [2.05, 4.69) is 0 Å². The molecule has 2 unspecified atom stereocenters. The molecule has 5 heteroatoms. The van der Waals surface area contributed by atoms with Crippen LogP contribution >= 0.6 is 0 Å². The lowest BCUT2D eigenvalue weighted by Gasteiger charge is -2.30. The molecule has 0 N–H and O–H groups in total. The second-order valence-corrected chi connectivity index (χ2v) is 7.09. The molecule has 5 nitrogen and oxygen atoms in total. The highest BCUT2D eigenvalue weighted by atomic mass is 16.5. The van der Waals surface area contributed by atoms with E-state index in [1.807, 2.05) is 37.3 Å². The van der Waals surface area contributed by atoms with Gasteiger partial charge in [0, 0.05) is 11.5 Å². The van der Waals surface area contributed by atoms with Gasteiger partial charge in [0.25, 0.3) is 0 Å². The van der Waals surface area contributed by atoms with Gasteiger partial charge >= 0.3 is 5.97 Å². The van der Waals surface area contributed by atoms with Crippen molar-refractivity contribution in [3.8, 4) is 11.5 Å². The molecule has 0 radical (unpaired) electrons. The highest BCUT2D eigenvalue weighted by molar-refractivity contribution is 6.10. The number of aryl methyl sites for hydroxylation is 1. The predicted octanol–water partition coefficient (Wildman–Crippen LogP) is 4.33. The van der Waals surface area contributed by atoms with Crippen molar-refractivity contribution in [2.45, 2.75) is 26.2 Å². The van der Waals surface area contributed by atoms with E-state index in [-0.39, 0.29) is 12.4 Å². The first-order chi connectivity index (χ1) is 14.0. The minimum atomic E-state index is -0.912. The van der Waals surface area contributed by atoms with Crippen molar-refractivity contribution in [1.82, 2.24) is 0 Å². The summed E-state index contributed by atoms with van der Waals surface area (Å²) in [5.41, 5.74) is 3.75. The maximum atomic E-state index is 13.1. The fourth-order valence-corrected chi connectivity index (χ4v) is 3.85. The highest BCUT2D eigenvalue weighted by Gasteiger charge is 2.41. The molecule has 2 atom stereocenters. The van der Waals surface area contributed by atoms with Crippen LogP contribution in [0.3, 0.4) is 0 Å². The molecule has 0 saturated carbocycles. The number of hydrogen-bond donors (Lipinski definition) is 0. The average Bonchev–Trinajstić information content (AvgIpc) is 2.72. The van der Waals surface area contributed by atoms with Gasteiger partial charge in [-0.15, -0.1) is 0 Å². The number of benzene rings is 2. The third kappa shape index (κ3) is 4.34.